The van der Waals surface area contributed by atoms with E-state index in [1.165, 1.54) is 11.1 Å². The maximum atomic E-state index is 13.1. The van der Waals surface area contributed by atoms with E-state index in [0.717, 1.165) is 32.4 Å². The van der Waals surface area contributed by atoms with Gasteiger partial charge in [-0.25, -0.2) is 4.39 Å². The van der Waals surface area contributed by atoms with Crippen molar-refractivity contribution in [1.29, 1.82) is 0 Å². The molecule has 1 fully saturated rings. The van der Waals surface area contributed by atoms with Crippen LogP contribution in [0.5, 0.6) is 0 Å². The number of rotatable bonds is 1. The van der Waals surface area contributed by atoms with Crippen LogP contribution in [0.1, 0.15) is 30.0 Å². The molecular weight excluding hydrogens is 203 g/mol. The van der Waals surface area contributed by atoms with Crippen molar-refractivity contribution in [3.8, 4) is 0 Å². The van der Waals surface area contributed by atoms with Crippen molar-refractivity contribution in [3.05, 3.63) is 35.1 Å². The van der Waals surface area contributed by atoms with Gasteiger partial charge in [0.25, 0.3) is 0 Å². The van der Waals surface area contributed by atoms with Gasteiger partial charge in [0.1, 0.15) is 5.82 Å². The lowest BCUT2D eigenvalue weighted by atomic mass is 10.1. The second-order valence-electron chi connectivity index (χ2n) is 4.94. The summed E-state index contributed by atoms with van der Waals surface area (Å²) in [6, 6.07) is 6.01. The number of aryl methyl sites for hydroxylation is 1. The highest BCUT2D eigenvalue weighted by atomic mass is 19.1. The Morgan fingerprint density at radius 1 is 1.31 bits per heavy atom. The summed E-state index contributed by atoms with van der Waals surface area (Å²) in [5.74, 6) is -0.113. The molecule has 2 unspecified atom stereocenters. The van der Waals surface area contributed by atoms with Gasteiger partial charge in [0.2, 0.25) is 0 Å². The summed E-state index contributed by atoms with van der Waals surface area (Å²) in [4.78, 5) is 2.45. The number of nitrogens with two attached hydrogens (primary N) is 1. The van der Waals surface area contributed by atoms with Crippen LogP contribution in [0.2, 0.25) is 0 Å². The van der Waals surface area contributed by atoms with E-state index in [1.54, 1.807) is 12.1 Å². The lowest BCUT2D eigenvalue weighted by Crippen LogP contribution is -2.29. The molecule has 1 saturated heterocycles. The fraction of sp³-hybridized carbons (Fsp3) is 0.538. The van der Waals surface area contributed by atoms with Crippen molar-refractivity contribution < 1.29 is 4.39 Å². The highest BCUT2D eigenvalue weighted by Crippen LogP contribution is 2.37. The second kappa shape index (κ2) is 3.82. The smallest absolute Gasteiger partial charge is 0.123 e. The molecule has 2 nitrogen and oxygen atoms in total. The number of hydrogen-bond acceptors (Lipinski definition) is 2. The first-order valence-electron chi connectivity index (χ1n) is 6.02. The highest BCUT2D eigenvalue weighted by Gasteiger charge is 2.31. The van der Waals surface area contributed by atoms with E-state index in [9.17, 15) is 4.39 Å². The Balaban J connectivity index is 1.86. The number of nitrogens with zero attached hydrogens (tertiary/aromatic N) is 1. The van der Waals surface area contributed by atoms with E-state index in [0.29, 0.717) is 12.1 Å². The molecule has 3 heteroatoms. The van der Waals surface area contributed by atoms with Gasteiger partial charge in [-0.05, 0) is 42.5 Å². The molecule has 2 aliphatic rings. The fourth-order valence-corrected chi connectivity index (χ4v) is 3.04. The quantitative estimate of drug-likeness (QED) is 0.782. The van der Waals surface area contributed by atoms with Crippen LogP contribution in [0, 0.1) is 5.82 Å². The first-order chi connectivity index (χ1) is 7.74. The molecule has 1 aliphatic heterocycles. The molecule has 0 aromatic heterocycles. The molecule has 0 spiro atoms. The van der Waals surface area contributed by atoms with Crippen molar-refractivity contribution in [3.63, 3.8) is 0 Å². The molecule has 16 heavy (non-hydrogen) atoms. The molecule has 1 aromatic carbocycles. The molecule has 0 saturated carbocycles. The van der Waals surface area contributed by atoms with Gasteiger partial charge in [-0.1, -0.05) is 6.07 Å². The van der Waals surface area contributed by atoms with Crippen LogP contribution < -0.4 is 5.73 Å². The van der Waals surface area contributed by atoms with Crippen LogP contribution >= 0.6 is 0 Å². The lowest BCUT2D eigenvalue weighted by molar-refractivity contribution is 0.242. The molecule has 1 aromatic rings. The molecule has 2 N–H and O–H groups in total. The molecule has 0 amide bonds. The normalized spacial score (nSPS) is 29.6. The summed E-state index contributed by atoms with van der Waals surface area (Å²) < 4.78 is 13.1. The van der Waals surface area contributed by atoms with Crippen LogP contribution in [0.4, 0.5) is 4.39 Å². The SMILES string of the molecule is NC1CCN(C2CCc3cc(F)ccc32)C1. The van der Waals surface area contributed by atoms with Gasteiger partial charge in [-0.15, -0.1) is 0 Å². The second-order valence-corrected chi connectivity index (χ2v) is 4.94. The maximum absolute atomic E-state index is 13.1. The molecule has 86 valence electrons. The van der Waals surface area contributed by atoms with E-state index in [2.05, 4.69) is 4.90 Å². The van der Waals surface area contributed by atoms with E-state index in [1.807, 2.05) is 6.07 Å². The number of halogens is 1. The number of benzene rings is 1. The summed E-state index contributed by atoms with van der Waals surface area (Å²) in [6.07, 6.45) is 3.21. The van der Waals surface area contributed by atoms with Gasteiger partial charge < -0.3 is 5.73 Å². The van der Waals surface area contributed by atoms with E-state index >= 15 is 0 Å². The van der Waals surface area contributed by atoms with Gasteiger partial charge in [-0.3, -0.25) is 4.90 Å². The average Bonchev–Trinajstić information content (AvgIpc) is 2.83. The predicted octanol–water partition coefficient (Wildman–Crippen LogP) is 1.85. The Morgan fingerprint density at radius 3 is 2.94 bits per heavy atom. The molecule has 2 atom stereocenters. The summed E-state index contributed by atoms with van der Waals surface area (Å²) in [7, 11) is 0. The summed E-state index contributed by atoms with van der Waals surface area (Å²) in [6.45, 7) is 2.07. The largest absolute Gasteiger partial charge is 0.326 e. The third kappa shape index (κ3) is 1.64. The summed E-state index contributed by atoms with van der Waals surface area (Å²) >= 11 is 0. The monoisotopic (exact) mass is 220 g/mol. The Labute approximate surface area is 95.2 Å². The zero-order chi connectivity index (χ0) is 11.1. The minimum Gasteiger partial charge on any atom is -0.326 e. The first-order valence-corrected chi connectivity index (χ1v) is 6.02. The Hall–Kier alpha value is -0.930. The Kier molecular flexibility index (Phi) is 2.45. The van der Waals surface area contributed by atoms with E-state index in [4.69, 9.17) is 5.73 Å². The number of fused-ring (bicyclic) bond motifs is 1. The topological polar surface area (TPSA) is 29.3 Å². The van der Waals surface area contributed by atoms with Crippen LogP contribution in [0.3, 0.4) is 0 Å². The van der Waals surface area contributed by atoms with E-state index < -0.39 is 0 Å². The zero-order valence-corrected chi connectivity index (χ0v) is 9.32. The predicted molar refractivity (Wildman–Crippen MR) is 61.6 cm³/mol. The van der Waals surface area contributed by atoms with Crippen molar-refractivity contribution in [2.75, 3.05) is 13.1 Å². The minimum atomic E-state index is -0.113. The number of likely N-dealkylation sites (tertiary alicyclic amines) is 1. The van der Waals surface area contributed by atoms with Crippen molar-refractivity contribution in [2.45, 2.75) is 31.3 Å². The van der Waals surface area contributed by atoms with Crippen LogP contribution in [-0.4, -0.2) is 24.0 Å². The molecule has 0 radical (unpaired) electrons. The van der Waals surface area contributed by atoms with Crippen molar-refractivity contribution in [2.24, 2.45) is 5.73 Å². The summed E-state index contributed by atoms with van der Waals surface area (Å²) in [5.41, 5.74) is 8.44. The van der Waals surface area contributed by atoms with Gasteiger partial charge in [0.05, 0.1) is 0 Å². The fourth-order valence-electron chi connectivity index (χ4n) is 3.04. The number of hydrogen-bond donors (Lipinski definition) is 1. The van der Waals surface area contributed by atoms with Crippen molar-refractivity contribution >= 4 is 0 Å². The van der Waals surface area contributed by atoms with E-state index in [-0.39, 0.29) is 5.82 Å². The molecule has 1 heterocycles. The highest BCUT2D eigenvalue weighted by molar-refractivity contribution is 5.35. The van der Waals surface area contributed by atoms with Crippen molar-refractivity contribution in [1.82, 2.24) is 4.90 Å². The molecule has 0 bridgehead atoms. The van der Waals surface area contributed by atoms with Gasteiger partial charge in [-0.2, -0.15) is 0 Å². The molecule has 3 rings (SSSR count). The van der Waals surface area contributed by atoms with Gasteiger partial charge >= 0.3 is 0 Å². The van der Waals surface area contributed by atoms with Gasteiger partial charge in [0, 0.05) is 25.2 Å². The molecular formula is C13H17FN2. The van der Waals surface area contributed by atoms with Crippen LogP contribution in [0.25, 0.3) is 0 Å². The zero-order valence-electron chi connectivity index (χ0n) is 9.32. The van der Waals surface area contributed by atoms with Gasteiger partial charge in [0.15, 0.2) is 0 Å². The average molecular weight is 220 g/mol. The lowest BCUT2D eigenvalue weighted by Gasteiger charge is -2.24. The Bertz CT molecular complexity index is 405. The standard InChI is InChI=1S/C13H17FN2/c14-10-2-3-12-9(7-10)1-4-13(12)16-6-5-11(15)8-16/h2-3,7,11,13H,1,4-6,8,15H2. The first kappa shape index (κ1) is 10.2. The molecule has 1 aliphatic carbocycles. The third-order valence-electron chi connectivity index (χ3n) is 3.85. The summed E-state index contributed by atoms with van der Waals surface area (Å²) in [5, 5.41) is 0. The van der Waals surface area contributed by atoms with Crippen LogP contribution in [0.15, 0.2) is 18.2 Å². The van der Waals surface area contributed by atoms with Crippen LogP contribution in [-0.2, 0) is 6.42 Å². The Morgan fingerprint density at radius 2 is 2.19 bits per heavy atom. The maximum Gasteiger partial charge on any atom is 0.123 e. The minimum absolute atomic E-state index is 0.113. The third-order valence-corrected chi connectivity index (χ3v) is 3.85.